The molecule has 0 amide bonds. The molecule has 2 rings (SSSR count). The van der Waals surface area contributed by atoms with Gasteiger partial charge in [-0.05, 0) is 64.2 Å². The van der Waals surface area contributed by atoms with Crippen LogP contribution in [0.3, 0.4) is 0 Å². The molecule has 0 bridgehead atoms. The predicted octanol–water partition coefficient (Wildman–Crippen LogP) is 4.69. The zero-order valence-corrected chi connectivity index (χ0v) is 16.0. The molecule has 0 spiro atoms. The molecule has 6 heteroatoms. The van der Waals surface area contributed by atoms with Gasteiger partial charge in [-0.15, -0.1) is 0 Å². The Morgan fingerprint density at radius 1 is 1.13 bits per heavy atom. The average Bonchev–Trinajstić information content (AvgIpc) is 2.49. The fourth-order valence-corrected chi connectivity index (χ4v) is 4.17. The van der Waals surface area contributed by atoms with Gasteiger partial charge in [0.15, 0.2) is 0 Å². The van der Waals surface area contributed by atoms with Gasteiger partial charge in [-0.25, -0.2) is 8.42 Å². The van der Waals surface area contributed by atoms with E-state index in [-0.39, 0.29) is 10.8 Å². The first-order valence-electron chi connectivity index (χ1n) is 7.21. The summed E-state index contributed by atoms with van der Waals surface area (Å²) in [6.07, 6.45) is 0. The van der Waals surface area contributed by atoms with E-state index in [0.29, 0.717) is 15.9 Å². The second kappa shape index (κ2) is 6.93. The molecule has 0 heterocycles. The van der Waals surface area contributed by atoms with E-state index in [2.05, 4.69) is 20.7 Å². The van der Waals surface area contributed by atoms with Crippen molar-refractivity contribution in [1.82, 2.24) is 0 Å². The molecule has 0 saturated carbocycles. The van der Waals surface area contributed by atoms with Crippen LogP contribution in [0.15, 0.2) is 45.8 Å². The lowest BCUT2D eigenvalue weighted by Crippen LogP contribution is -2.15. The summed E-state index contributed by atoms with van der Waals surface area (Å²) in [6, 6.07) is 10.7. The van der Waals surface area contributed by atoms with Crippen molar-refractivity contribution in [2.75, 3.05) is 11.8 Å². The van der Waals surface area contributed by atoms with Crippen LogP contribution in [0.4, 0.5) is 5.69 Å². The van der Waals surface area contributed by atoms with Crippen LogP contribution >= 0.6 is 15.9 Å². The maximum absolute atomic E-state index is 12.8. The van der Waals surface area contributed by atoms with Crippen molar-refractivity contribution < 1.29 is 13.2 Å². The van der Waals surface area contributed by atoms with Crippen molar-refractivity contribution >= 4 is 31.6 Å². The lowest BCUT2D eigenvalue weighted by Gasteiger charge is -2.15. The number of aryl methyl sites for hydroxylation is 1. The smallest absolute Gasteiger partial charge is 0.265 e. The molecule has 0 fully saturated rings. The molecule has 0 aliphatic heterocycles. The van der Waals surface area contributed by atoms with Crippen molar-refractivity contribution in [3.05, 3.63) is 52.0 Å². The lowest BCUT2D eigenvalue weighted by atomic mass is 10.0. The summed E-state index contributed by atoms with van der Waals surface area (Å²) in [5.74, 6) is 0.547. The highest BCUT2D eigenvalue weighted by atomic mass is 79.9. The third-order valence-corrected chi connectivity index (χ3v) is 5.56. The molecule has 0 atom stereocenters. The Bertz CT molecular complexity index is 817. The molecule has 124 valence electrons. The number of ether oxygens (including phenoxy) is 1. The monoisotopic (exact) mass is 397 g/mol. The molecule has 0 aliphatic carbocycles. The van der Waals surface area contributed by atoms with Gasteiger partial charge in [0.2, 0.25) is 0 Å². The molecule has 0 unspecified atom stereocenters. The van der Waals surface area contributed by atoms with Crippen molar-refractivity contribution in [3.63, 3.8) is 0 Å². The van der Waals surface area contributed by atoms with E-state index in [0.717, 1.165) is 11.1 Å². The van der Waals surface area contributed by atoms with Gasteiger partial charge in [0.1, 0.15) is 10.6 Å². The number of halogens is 1. The van der Waals surface area contributed by atoms with Crippen molar-refractivity contribution in [2.45, 2.75) is 31.6 Å². The van der Waals surface area contributed by atoms with E-state index in [4.69, 9.17) is 4.74 Å². The molecule has 4 nitrogen and oxygen atoms in total. The molecule has 0 aliphatic rings. The highest BCUT2D eigenvalue weighted by molar-refractivity contribution is 9.10. The zero-order valence-electron chi connectivity index (χ0n) is 13.6. The Kier molecular flexibility index (Phi) is 5.37. The van der Waals surface area contributed by atoms with Gasteiger partial charge >= 0.3 is 0 Å². The largest absolute Gasteiger partial charge is 0.495 e. The first kappa shape index (κ1) is 17.8. The van der Waals surface area contributed by atoms with Crippen molar-refractivity contribution in [1.29, 1.82) is 0 Å². The minimum Gasteiger partial charge on any atom is -0.495 e. The minimum atomic E-state index is -3.75. The highest BCUT2D eigenvalue weighted by Gasteiger charge is 2.21. The Labute approximate surface area is 146 Å². The van der Waals surface area contributed by atoms with Crippen molar-refractivity contribution in [2.24, 2.45) is 0 Å². The Morgan fingerprint density at radius 2 is 1.83 bits per heavy atom. The van der Waals surface area contributed by atoms with Gasteiger partial charge in [-0.2, -0.15) is 0 Å². The SMILES string of the molecule is COc1ccc(C(C)C)cc1S(=O)(=O)Nc1ccc(C)cc1Br. The first-order chi connectivity index (χ1) is 10.7. The van der Waals surface area contributed by atoms with Crippen LogP contribution in [0.1, 0.15) is 30.9 Å². The fourth-order valence-electron chi connectivity index (χ4n) is 2.17. The predicted molar refractivity (Wildman–Crippen MR) is 96.8 cm³/mol. The second-order valence-electron chi connectivity index (χ2n) is 5.65. The van der Waals surface area contributed by atoms with Gasteiger partial charge in [0.25, 0.3) is 10.0 Å². The van der Waals surface area contributed by atoms with Gasteiger partial charge in [0.05, 0.1) is 12.8 Å². The summed E-state index contributed by atoms with van der Waals surface area (Å²) in [5.41, 5.74) is 2.47. The second-order valence-corrected chi connectivity index (χ2v) is 8.16. The normalized spacial score (nSPS) is 11.6. The molecular formula is C17H20BrNO3S. The third kappa shape index (κ3) is 4.06. The molecule has 0 radical (unpaired) electrons. The van der Waals surface area contributed by atoms with Crippen molar-refractivity contribution in [3.8, 4) is 5.75 Å². The average molecular weight is 398 g/mol. The van der Waals surface area contributed by atoms with E-state index in [1.54, 1.807) is 18.2 Å². The van der Waals surface area contributed by atoms with E-state index < -0.39 is 10.0 Å². The van der Waals surface area contributed by atoms with Gasteiger partial charge in [-0.1, -0.05) is 26.0 Å². The van der Waals surface area contributed by atoms with E-state index >= 15 is 0 Å². The van der Waals surface area contributed by atoms with Gasteiger partial charge in [0, 0.05) is 4.47 Å². The van der Waals surface area contributed by atoms with E-state index in [9.17, 15) is 8.42 Å². The Morgan fingerprint density at radius 3 is 2.39 bits per heavy atom. The molecular weight excluding hydrogens is 378 g/mol. The van der Waals surface area contributed by atoms with Crippen LogP contribution in [0, 0.1) is 6.92 Å². The van der Waals surface area contributed by atoms with Crippen LogP contribution in [0.5, 0.6) is 5.75 Å². The highest BCUT2D eigenvalue weighted by Crippen LogP contribution is 2.31. The van der Waals surface area contributed by atoms with Gasteiger partial charge < -0.3 is 4.74 Å². The number of rotatable bonds is 5. The molecule has 0 aromatic heterocycles. The topological polar surface area (TPSA) is 55.4 Å². The quantitative estimate of drug-likeness (QED) is 0.795. The van der Waals surface area contributed by atoms with Crippen LogP contribution in [-0.4, -0.2) is 15.5 Å². The zero-order chi connectivity index (χ0) is 17.2. The lowest BCUT2D eigenvalue weighted by molar-refractivity contribution is 0.402. The number of sulfonamides is 1. The third-order valence-electron chi connectivity index (χ3n) is 3.51. The molecule has 23 heavy (non-hydrogen) atoms. The fraction of sp³-hybridized carbons (Fsp3) is 0.294. The minimum absolute atomic E-state index is 0.138. The maximum Gasteiger partial charge on any atom is 0.265 e. The number of hydrogen-bond donors (Lipinski definition) is 1. The summed E-state index contributed by atoms with van der Waals surface area (Å²) >= 11 is 3.39. The number of nitrogens with one attached hydrogen (secondary N) is 1. The van der Waals surface area contributed by atoms with E-state index in [1.165, 1.54) is 7.11 Å². The standard InChI is InChI=1S/C17H20BrNO3S/c1-11(2)13-6-8-16(22-4)17(10-13)23(20,21)19-15-7-5-12(3)9-14(15)18/h5-11,19H,1-4H3. The summed E-state index contributed by atoms with van der Waals surface area (Å²) in [4.78, 5) is 0.138. The Hall–Kier alpha value is -1.53. The van der Waals surface area contributed by atoms with Gasteiger partial charge in [-0.3, -0.25) is 4.72 Å². The number of anilines is 1. The molecule has 2 aromatic carbocycles. The van der Waals surface area contributed by atoms with Crippen LogP contribution in [0.2, 0.25) is 0 Å². The molecule has 0 saturated heterocycles. The summed E-state index contributed by atoms with van der Waals surface area (Å²) in [6.45, 7) is 5.97. The summed E-state index contributed by atoms with van der Waals surface area (Å²) in [5, 5.41) is 0. The first-order valence-corrected chi connectivity index (χ1v) is 9.49. The Balaban J connectivity index is 2.48. The molecule has 1 N–H and O–H groups in total. The van der Waals surface area contributed by atoms with Crippen LogP contribution in [0.25, 0.3) is 0 Å². The summed E-state index contributed by atoms with van der Waals surface area (Å²) < 4.78 is 34.1. The number of hydrogen-bond acceptors (Lipinski definition) is 3. The number of methoxy groups -OCH3 is 1. The molecule has 2 aromatic rings. The maximum atomic E-state index is 12.8. The number of benzene rings is 2. The van der Waals surface area contributed by atoms with E-state index in [1.807, 2.05) is 39.0 Å². The summed E-state index contributed by atoms with van der Waals surface area (Å²) in [7, 11) is -2.29. The van der Waals surface area contributed by atoms with Crippen LogP contribution < -0.4 is 9.46 Å². The van der Waals surface area contributed by atoms with Crippen LogP contribution in [-0.2, 0) is 10.0 Å².